The molecule has 0 aromatic rings. The minimum Gasteiger partial charge on any atom is -0.387 e. The highest BCUT2D eigenvalue weighted by molar-refractivity contribution is 5.94. The molecular weight excluding hydrogens is 116 g/mol. The maximum Gasteiger partial charge on any atom is 0.250 e. The number of nitrogens with two attached hydrogens (primary N) is 1. The SMILES string of the molecule is NC(=O)C1=CNCC=C1. The number of nitrogens with one attached hydrogen (secondary N) is 1. The van der Waals surface area contributed by atoms with Crippen LogP contribution in [0.2, 0.25) is 0 Å². The van der Waals surface area contributed by atoms with Crippen LogP contribution in [0.4, 0.5) is 0 Å². The van der Waals surface area contributed by atoms with Crippen molar-refractivity contribution in [1.82, 2.24) is 5.32 Å². The average Bonchev–Trinajstić information content (AvgIpc) is 1.90. The standard InChI is InChI=1S/C6H8N2O/c7-6(9)5-2-1-3-8-4-5/h1-2,4,8H,3H2,(H2,7,9). The smallest absolute Gasteiger partial charge is 0.250 e. The molecule has 9 heavy (non-hydrogen) atoms. The molecule has 0 spiro atoms. The lowest BCUT2D eigenvalue weighted by Gasteiger charge is -2.03. The Morgan fingerprint density at radius 3 is 2.89 bits per heavy atom. The van der Waals surface area contributed by atoms with Crippen molar-refractivity contribution in [3.63, 3.8) is 0 Å². The van der Waals surface area contributed by atoms with Gasteiger partial charge in [0.25, 0.3) is 0 Å². The first-order chi connectivity index (χ1) is 4.30. The fourth-order valence-corrected chi connectivity index (χ4v) is 0.624. The minimum absolute atomic E-state index is 0.390. The molecule has 3 heteroatoms. The first-order valence-corrected chi connectivity index (χ1v) is 2.70. The number of primary amides is 1. The van der Waals surface area contributed by atoms with Gasteiger partial charge in [0, 0.05) is 12.7 Å². The van der Waals surface area contributed by atoms with Crippen LogP contribution < -0.4 is 11.1 Å². The molecule has 0 aliphatic carbocycles. The molecule has 0 radical (unpaired) electrons. The number of dihydropyridines is 1. The van der Waals surface area contributed by atoms with E-state index in [4.69, 9.17) is 5.73 Å². The molecule has 1 heterocycles. The largest absolute Gasteiger partial charge is 0.387 e. The van der Waals surface area contributed by atoms with E-state index >= 15 is 0 Å². The topological polar surface area (TPSA) is 55.1 Å². The van der Waals surface area contributed by atoms with E-state index in [-0.39, 0.29) is 0 Å². The van der Waals surface area contributed by atoms with Crippen molar-refractivity contribution in [2.24, 2.45) is 5.73 Å². The molecule has 3 N–H and O–H groups in total. The summed E-state index contributed by atoms with van der Waals surface area (Å²) in [6, 6.07) is 0. The second-order valence-corrected chi connectivity index (χ2v) is 1.77. The second-order valence-electron chi connectivity index (χ2n) is 1.77. The second kappa shape index (κ2) is 2.35. The normalized spacial score (nSPS) is 16.2. The highest BCUT2D eigenvalue weighted by Crippen LogP contribution is 1.96. The molecule has 0 unspecified atom stereocenters. The van der Waals surface area contributed by atoms with Crippen LogP contribution in [0, 0.1) is 0 Å². The van der Waals surface area contributed by atoms with Crippen LogP contribution in [-0.4, -0.2) is 12.5 Å². The zero-order valence-electron chi connectivity index (χ0n) is 4.92. The molecule has 0 aromatic carbocycles. The Kier molecular flexibility index (Phi) is 1.53. The molecule has 0 aromatic heterocycles. The van der Waals surface area contributed by atoms with Gasteiger partial charge in [0.1, 0.15) is 0 Å². The lowest BCUT2D eigenvalue weighted by Crippen LogP contribution is -2.19. The zero-order chi connectivity index (χ0) is 6.69. The third kappa shape index (κ3) is 1.32. The van der Waals surface area contributed by atoms with Crippen molar-refractivity contribution in [2.45, 2.75) is 0 Å². The maximum atomic E-state index is 10.4. The first kappa shape index (κ1) is 5.88. The van der Waals surface area contributed by atoms with E-state index < -0.39 is 5.91 Å². The highest BCUT2D eigenvalue weighted by Gasteiger charge is 2.00. The Labute approximate surface area is 53.2 Å². The molecule has 1 aliphatic rings. The van der Waals surface area contributed by atoms with Crippen LogP contribution >= 0.6 is 0 Å². The van der Waals surface area contributed by atoms with Gasteiger partial charge in [-0.15, -0.1) is 0 Å². The van der Waals surface area contributed by atoms with Gasteiger partial charge in [-0.25, -0.2) is 0 Å². The van der Waals surface area contributed by atoms with Gasteiger partial charge < -0.3 is 11.1 Å². The van der Waals surface area contributed by atoms with Crippen LogP contribution in [0.25, 0.3) is 0 Å². The summed E-state index contributed by atoms with van der Waals surface area (Å²) in [4.78, 5) is 10.4. The van der Waals surface area contributed by atoms with Gasteiger partial charge in [-0.05, 0) is 0 Å². The van der Waals surface area contributed by atoms with Crippen molar-refractivity contribution in [1.29, 1.82) is 0 Å². The highest BCUT2D eigenvalue weighted by atomic mass is 16.1. The molecule has 3 nitrogen and oxygen atoms in total. The van der Waals surface area contributed by atoms with Crippen LogP contribution in [0.3, 0.4) is 0 Å². The van der Waals surface area contributed by atoms with Gasteiger partial charge in [-0.2, -0.15) is 0 Å². The number of rotatable bonds is 1. The number of carbonyl (C=O) groups is 1. The van der Waals surface area contributed by atoms with Crippen LogP contribution in [0.1, 0.15) is 0 Å². The van der Waals surface area contributed by atoms with Crippen LogP contribution in [0.15, 0.2) is 23.9 Å². The van der Waals surface area contributed by atoms with E-state index in [9.17, 15) is 4.79 Å². The molecular formula is C6H8N2O. The van der Waals surface area contributed by atoms with E-state index in [2.05, 4.69) is 5.32 Å². The van der Waals surface area contributed by atoms with Crippen molar-refractivity contribution in [3.8, 4) is 0 Å². The van der Waals surface area contributed by atoms with E-state index in [0.29, 0.717) is 5.57 Å². The Balaban J connectivity index is 2.69. The molecule has 0 atom stereocenters. The van der Waals surface area contributed by atoms with E-state index in [1.165, 1.54) is 0 Å². The Morgan fingerprint density at radius 2 is 2.56 bits per heavy atom. The first-order valence-electron chi connectivity index (χ1n) is 2.70. The molecule has 0 bridgehead atoms. The van der Waals surface area contributed by atoms with E-state index in [1.54, 1.807) is 12.3 Å². The van der Waals surface area contributed by atoms with Gasteiger partial charge in [-0.1, -0.05) is 12.2 Å². The molecule has 1 aliphatic heterocycles. The molecule has 48 valence electrons. The monoisotopic (exact) mass is 124 g/mol. The predicted octanol–water partition coefficient (Wildman–Crippen LogP) is -0.485. The summed E-state index contributed by atoms with van der Waals surface area (Å²) in [6.07, 6.45) is 5.17. The Hall–Kier alpha value is -1.25. The third-order valence-corrected chi connectivity index (χ3v) is 1.08. The summed E-state index contributed by atoms with van der Waals surface area (Å²) in [6.45, 7) is 0.775. The average molecular weight is 124 g/mol. The van der Waals surface area contributed by atoms with Crippen molar-refractivity contribution < 1.29 is 4.79 Å². The Morgan fingerprint density at radius 1 is 1.78 bits per heavy atom. The van der Waals surface area contributed by atoms with Crippen molar-refractivity contribution in [3.05, 3.63) is 23.9 Å². The van der Waals surface area contributed by atoms with Crippen molar-refractivity contribution >= 4 is 5.91 Å². The van der Waals surface area contributed by atoms with E-state index in [0.717, 1.165) is 6.54 Å². The van der Waals surface area contributed by atoms with Crippen LogP contribution in [0.5, 0.6) is 0 Å². The summed E-state index contributed by atoms with van der Waals surface area (Å²) in [7, 11) is 0. The van der Waals surface area contributed by atoms with Gasteiger partial charge in [0.15, 0.2) is 0 Å². The fourth-order valence-electron chi connectivity index (χ4n) is 0.624. The summed E-state index contributed by atoms with van der Waals surface area (Å²) >= 11 is 0. The lowest BCUT2D eigenvalue weighted by molar-refractivity contribution is -0.114. The number of carbonyl (C=O) groups excluding carboxylic acids is 1. The number of amides is 1. The fraction of sp³-hybridized carbons (Fsp3) is 0.167. The molecule has 0 saturated heterocycles. The number of hydrogen-bond donors (Lipinski definition) is 2. The molecule has 0 fully saturated rings. The van der Waals surface area contributed by atoms with Gasteiger partial charge in [0.05, 0.1) is 5.57 Å². The Bertz CT molecular complexity index is 181. The maximum absolute atomic E-state index is 10.4. The lowest BCUT2D eigenvalue weighted by atomic mass is 10.2. The predicted molar refractivity (Wildman–Crippen MR) is 34.4 cm³/mol. The zero-order valence-corrected chi connectivity index (χ0v) is 4.92. The van der Waals surface area contributed by atoms with Crippen LogP contribution in [-0.2, 0) is 4.79 Å². The van der Waals surface area contributed by atoms with E-state index in [1.807, 2.05) is 6.08 Å². The third-order valence-electron chi connectivity index (χ3n) is 1.08. The van der Waals surface area contributed by atoms with Crippen molar-refractivity contribution in [2.75, 3.05) is 6.54 Å². The summed E-state index contributed by atoms with van der Waals surface area (Å²) in [5.41, 5.74) is 5.50. The summed E-state index contributed by atoms with van der Waals surface area (Å²) < 4.78 is 0. The summed E-state index contributed by atoms with van der Waals surface area (Å²) in [5.74, 6) is -0.390. The molecule has 1 rings (SSSR count). The quantitative estimate of drug-likeness (QED) is 0.496. The van der Waals surface area contributed by atoms with Gasteiger partial charge in [-0.3, -0.25) is 4.79 Å². The van der Waals surface area contributed by atoms with Gasteiger partial charge >= 0.3 is 0 Å². The molecule has 1 amide bonds. The minimum atomic E-state index is -0.390. The number of hydrogen-bond acceptors (Lipinski definition) is 2. The summed E-state index contributed by atoms with van der Waals surface area (Å²) in [5, 5.41) is 2.87. The molecule has 0 saturated carbocycles. The van der Waals surface area contributed by atoms with Gasteiger partial charge in [0.2, 0.25) is 5.91 Å².